The summed E-state index contributed by atoms with van der Waals surface area (Å²) >= 11 is 0. The van der Waals surface area contributed by atoms with E-state index in [2.05, 4.69) is 0 Å². The van der Waals surface area contributed by atoms with Crippen LogP contribution in [0.2, 0.25) is 0 Å². The van der Waals surface area contributed by atoms with Gasteiger partial charge in [0.05, 0.1) is 12.4 Å². The third-order valence-electron chi connectivity index (χ3n) is 3.57. The topological polar surface area (TPSA) is 83.9 Å². The van der Waals surface area contributed by atoms with Crippen LogP contribution in [0.4, 0.5) is 0 Å². The summed E-state index contributed by atoms with van der Waals surface area (Å²) in [7, 11) is -3.33. The lowest BCUT2D eigenvalue weighted by atomic mass is 10.1. The van der Waals surface area contributed by atoms with E-state index in [9.17, 15) is 13.2 Å². The Balaban J connectivity index is 1.90. The molecule has 0 amide bonds. The predicted molar refractivity (Wildman–Crippen MR) is 69.3 cm³/mol. The van der Waals surface area contributed by atoms with Gasteiger partial charge in [0, 0.05) is 25.6 Å². The van der Waals surface area contributed by atoms with Crippen molar-refractivity contribution in [3.05, 3.63) is 0 Å². The Labute approximate surface area is 113 Å². The molecular formula is C12H21NO5S. The molecule has 6 nitrogen and oxygen atoms in total. The van der Waals surface area contributed by atoms with Crippen LogP contribution >= 0.6 is 0 Å². The highest BCUT2D eigenvalue weighted by Crippen LogP contribution is 2.31. The molecule has 1 atom stereocenters. The summed E-state index contributed by atoms with van der Waals surface area (Å²) in [6.07, 6.45) is 2.84. The van der Waals surface area contributed by atoms with Crippen LogP contribution in [0.3, 0.4) is 0 Å². The van der Waals surface area contributed by atoms with Gasteiger partial charge >= 0.3 is 5.97 Å². The van der Waals surface area contributed by atoms with Crippen LogP contribution < -0.4 is 0 Å². The first-order valence-electron chi connectivity index (χ1n) is 6.78. The van der Waals surface area contributed by atoms with Crippen molar-refractivity contribution in [3.63, 3.8) is 0 Å². The van der Waals surface area contributed by atoms with E-state index < -0.39 is 16.0 Å². The van der Waals surface area contributed by atoms with Gasteiger partial charge in [-0.25, -0.2) is 8.42 Å². The lowest BCUT2D eigenvalue weighted by molar-refractivity contribution is -0.137. The summed E-state index contributed by atoms with van der Waals surface area (Å²) in [4.78, 5) is 10.5. The molecule has 110 valence electrons. The third-order valence-corrected chi connectivity index (χ3v) is 5.53. The number of carbonyl (C=O) groups is 1. The predicted octanol–water partition coefficient (Wildman–Crippen LogP) is 0.682. The van der Waals surface area contributed by atoms with Crippen molar-refractivity contribution in [2.75, 3.05) is 25.5 Å². The van der Waals surface area contributed by atoms with E-state index in [4.69, 9.17) is 9.84 Å². The molecule has 1 aliphatic carbocycles. The first-order valence-corrected chi connectivity index (χ1v) is 8.39. The zero-order chi connectivity index (χ0) is 13.9. The molecule has 0 aromatic carbocycles. The first-order chi connectivity index (χ1) is 8.99. The molecule has 19 heavy (non-hydrogen) atoms. The van der Waals surface area contributed by atoms with Crippen molar-refractivity contribution in [2.24, 2.45) is 5.92 Å². The maximum atomic E-state index is 12.3. The molecule has 0 aromatic heterocycles. The second kappa shape index (κ2) is 6.19. The molecule has 1 saturated carbocycles. The van der Waals surface area contributed by atoms with E-state index in [1.54, 1.807) is 4.31 Å². The van der Waals surface area contributed by atoms with Gasteiger partial charge in [0.2, 0.25) is 10.0 Å². The number of rotatable bonds is 8. The number of ether oxygens (including phenoxy) is 1. The van der Waals surface area contributed by atoms with Crippen molar-refractivity contribution >= 4 is 16.0 Å². The molecule has 0 bridgehead atoms. The number of aliphatic carboxylic acids is 1. The van der Waals surface area contributed by atoms with Crippen LogP contribution in [0.1, 0.15) is 32.1 Å². The molecule has 2 rings (SSSR count). The molecular weight excluding hydrogens is 270 g/mol. The molecule has 1 aliphatic heterocycles. The standard InChI is InChI=1S/C12H21NO5S/c14-12(15)2-1-7-19(16,17)13(11-3-4-11)8-10-5-6-18-9-10/h10-11H,1-9H2,(H,14,15). The van der Waals surface area contributed by atoms with E-state index in [1.807, 2.05) is 0 Å². The van der Waals surface area contributed by atoms with Gasteiger partial charge in [0.25, 0.3) is 0 Å². The number of carboxylic acid groups (broad SMARTS) is 1. The molecule has 2 fully saturated rings. The molecule has 1 saturated heterocycles. The Morgan fingerprint density at radius 3 is 2.58 bits per heavy atom. The summed E-state index contributed by atoms with van der Waals surface area (Å²) in [6.45, 7) is 1.87. The van der Waals surface area contributed by atoms with Crippen LogP contribution in [0, 0.1) is 5.92 Å². The minimum absolute atomic E-state index is 0.0661. The van der Waals surface area contributed by atoms with Gasteiger partial charge in [0.1, 0.15) is 0 Å². The molecule has 0 radical (unpaired) electrons. The van der Waals surface area contributed by atoms with E-state index in [1.165, 1.54) is 0 Å². The van der Waals surface area contributed by atoms with Crippen LogP contribution in [-0.2, 0) is 19.6 Å². The molecule has 1 N–H and O–H groups in total. The molecule has 0 aromatic rings. The SMILES string of the molecule is O=C(O)CCCS(=O)(=O)N(CC1CCOC1)C1CC1. The second-order valence-electron chi connectivity index (χ2n) is 5.34. The fourth-order valence-corrected chi connectivity index (χ4v) is 4.20. The van der Waals surface area contributed by atoms with Crippen molar-refractivity contribution in [1.29, 1.82) is 0 Å². The van der Waals surface area contributed by atoms with Gasteiger partial charge in [0.15, 0.2) is 0 Å². The highest BCUT2D eigenvalue weighted by atomic mass is 32.2. The van der Waals surface area contributed by atoms with Crippen LogP contribution in [0.5, 0.6) is 0 Å². The summed E-state index contributed by atoms with van der Waals surface area (Å²) in [6, 6.07) is 0.135. The minimum Gasteiger partial charge on any atom is -0.481 e. The van der Waals surface area contributed by atoms with Crippen molar-refractivity contribution in [1.82, 2.24) is 4.31 Å². The molecule has 2 aliphatic rings. The fraction of sp³-hybridized carbons (Fsp3) is 0.917. The van der Waals surface area contributed by atoms with Gasteiger partial charge < -0.3 is 9.84 Å². The Bertz CT molecular complexity index is 412. The number of hydrogen-bond acceptors (Lipinski definition) is 4. The number of carboxylic acids is 1. The average molecular weight is 291 g/mol. The smallest absolute Gasteiger partial charge is 0.303 e. The van der Waals surface area contributed by atoms with Crippen LogP contribution in [0.25, 0.3) is 0 Å². The zero-order valence-electron chi connectivity index (χ0n) is 11.0. The summed E-state index contributed by atoms with van der Waals surface area (Å²) in [5.41, 5.74) is 0. The van der Waals surface area contributed by atoms with E-state index in [0.717, 1.165) is 19.3 Å². The van der Waals surface area contributed by atoms with Crippen molar-refractivity contribution in [3.8, 4) is 0 Å². The number of nitrogens with zero attached hydrogens (tertiary/aromatic N) is 1. The quantitative estimate of drug-likeness (QED) is 0.711. The van der Waals surface area contributed by atoms with Crippen LogP contribution in [0.15, 0.2) is 0 Å². The van der Waals surface area contributed by atoms with Crippen LogP contribution in [-0.4, -0.2) is 55.4 Å². The third kappa shape index (κ3) is 4.43. The summed E-state index contributed by atoms with van der Waals surface area (Å²) in [5, 5.41) is 8.58. The lowest BCUT2D eigenvalue weighted by Crippen LogP contribution is -2.39. The highest BCUT2D eigenvalue weighted by Gasteiger charge is 2.38. The maximum absolute atomic E-state index is 12.3. The van der Waals surface area contributed by atoms with E-state index in [0.29, 0.717) is 19.8 Å². The Morgan fingerprint density at radius 2 is 2.05 bits per heavy atom. The minimum atomic E-state index is -3.33. The first kappa shape index (κ1) is 14.7. The largest absolute Gasteiger partial charge is 0.481 e. The monoisotopic (exact) mass is 291 g/mol. The van der Waals surface area contributed by atoms with E-state index >= 15 is 0 Å². The zero-order valence-corrected chi connectivity index (χ0v) is 11.8. The molecule has 1 heterocycles. The average Bonchev–Trinajstić information content (AvgIpc) is 3.02. The van der Waals surface area contributed by atoms with Crippen molar-refractivity contribution < 1.29 is 23.1 Å². The maximum Gasteiger partial charge on any atom is 0.303 e. The molecule has 7 heteroatoms. The number of sulfonamides is 1. The number of hydrogen-bond donors (Lipinski definition) is 1. The lowest BCUT2D eigenvalue weighted by Gasteiger charge is -2.24. The molecule has 1 unspecified atom stereocenters. The molecule has 0 spiro atoms. The Kier molecular flexibility index (Phi) is 4.81. The summed E-state index contributed by atoms with van der Waals surface area (Å²) < 4.78 is 31.4. The summed E-state index contributed by atoms with van der Waals surface area (Å²) in [5.74, 6) is -0.726. The second-order valence-corrected chi connectivity index (χ2v) is 7.38. The van der Waals surface area contributed by atoms with Crippen molar-refractivity contribution in [2.45, 2.75) is 38.1 Å². The van der Waals surface area contributed by atoms with E-state index in [-0.39, 0.29) is 30.6 Å². The fourth-order valence-electron chi connectivity index (χ4n) is 2.36. The Hall–Kier alpha value is -0.660. The van der Waals surface area contributed by atoms with Gasteiger partial charge in [-0.15, -0.1) is 0 Å². The van der Waals surface area contributed by atoms with Gasteiger partial charge in [-0.3, -0.25) is 4.79 Å². The Morgan fingerprint density at radius 1 is 1.32 bits per heavy atom. The van der Waals surface area contributed by atoms with Gasteiger partial charge in [-0.2, -0.15) is 4.31 Å². The van der Waals surface area contributed by atoms with Gasteiger partial charge in [-0.1, -0.05) is 0 Å². The normalized spacial score (nSPS) is 23.9. The highest BCUT2D eigenvalue weighted by molar-refractivity contribution is 7.89. The van der Waals surface area contributed by atoms with Gasteiger partial charge in [-0.05, 0) is 31.6 Å².